The molecule has 0 aliphatic carbocycles. The van der Waals surface area contributed by atoms with Gasteiger partial charge in [-0.15, -0.1) is 0 Å². The zero-order valence-corrected chi connectivity index (χ0v) is 13.4. The quantitative estimate of drug-likeness (QED) is 0.785. The summed E-state index contributed by atoms with van der Waals surface area (Å²) in [4.78, 5) is 22.9. The molecule has 7 heteroatoms. The molecule has 2 amide bonds. The molecule has 1 rings (SSSR count). The summed E-state index contributed by atoms with van der Waals surface area (Å²) in [5.41, 5.74) is 5.70. The highest BCUT2D eigenvalue weighted by atomic mass is 35.5. The van der Waals surface area contributed by atoms with Crippen LogP contribution < -0.4 is 11.1 Å². The van der Waals surface area contributed by atoms with Gasteiger partial charge in [0.1, 0.15) is 12.6 Å². The first-order valence-electron chi connectivity index (χ1n) is 6.46. The minimum atomic E-state index is -0.770. The molecule has 0 saturated heterocycles. The second-order valence-corrected chi connectivity index (χ2v) is 5.88. The number of carbonyl (C=O) groups is 2. The summed E-state index contributed by atoms with van der Waals surface area (Å²) in [6.45, 7) is 3.86. The molecule has 0 aliphatic rings. The first kappa shape index (κ1) is 17.6. The fourth-order valence-electron chi connectivity index (χ4n) is 1.75. The predicted octanol–water partition coefficient (Wildman–Crippen LogP) is 3.12. The van der Waals surface area contributed by atoms with Gasteiger partial charge in [0.15, 0.2) is 0 Å². The Morgan fingerprint density at radius 2 is 2.00 bits per heavy atom. The Morgan fingerprint density at radius 1 is 1.33 bits per heavy atom. The Bertz CT molecular complexity index is 521. The molecule has 5 nitrogen and oxygen atoms in total. The molecule has 1 aromatic rings. The summed E-state index contributed by atoms with van der Waals surface area (Å²) >= 11 is 11.8. The van der Waals surface area contributed by atoms with E-state index in [1.807, 2.05) is 13.8 Å². The number of esters is 1. The van der Waals surface area contributed by atoms with E-state index < -0.39 is 18.0 Å². The van der Waals surface area contributed by atoms with Crippen LogP contribution in [-0.4, -0.2) is 18.0 Å². The zero-order chi connectivity index (χ0) is 16.0. The van der Waals surface area contributed by atoms with Crippen molar-refractivity contribution in [2.24, 2.45) is 11.7 Å². The molecule has 0 bridgehead atoms. The van der Waals surface area contributed by atoms with Crippen molar-refractivity contribution in [1.82, 2.24) is 5.32 Å². The Labute approximate surface area is 133 Å². The van der Waals surface area contributed by atoms with Crippen LogP contribution in [0.3, 0.4) is 0 Å². The van der Waals surface area contributed by atoms with Crippen molar-refractivity contribution in [3.8, 4) is 0 Å². The van der Waals surface area contributed by atoms with Crippen molar-refractivity contribution < 1.29 is 14.3 Å². The number of ether oxygens (including phenoxy) is 1. The van der Waals surface area contributed by atoms with Gasteiger partial charge in [0, 0.05) is 15.6 Å². The van der Waals surface area contributed by atoms with E-state index >= 15 is 0 Å². The van der Waals surface area contributed by atoms with Crippen LogP contribution >= 0.6 is 23.2 Å². The van der Waals surface area contributed by atoms with Gasteiger partial charge in [-0.3, -0.25) is 0 Å². The van der Waals surface area contributed by atoms with Crippen LogP contribution in [0.15, 0.2) is 18.2 Å². The molecule has 1 atom stereocenters. The van der Waals surface area contributed by atoms with Gasteiger partial charge in [-0.1, -0.05) is 43.1 Å². The summed E-state index contributed by atoms with van der Waals surface area (Å²) in [5, 5.41) is 3.30. The molecule has 0 aromatic heterocycles. The lowest BCUT2D eigenvalue weighted by Crippen LogP contribution is -2.45. The maximum atomic E-state index is 12.0. The molecule has 0 unspecified atom stereocenters. The molecule has 116 valence electrons. The average molecular weight is 333 g/mol. The van der Waals surface area contributed by atoms with E-state index in [1.54, 1.807) is 18.2 Å². The molecular formula is C14H18Cl2N2O3. The maximum Gasteiger partial charge on any atom is 0.329 e. The van der Waals surface area contributed by atoms with Crippen LogP contribution in [0.2, 0.25) is 10.0 Å². The number of amides is 2. The monoisotopic (exact) mass is 332 g/mol. The molecular weight excluding hydrogens is 315 g/mol. The Balaban J connectivity index is 2.66. The number of benzene rings is 1. The molecule has 21 heavy (non-hydrogen) atoms. The van der Waals surface area contributed by atoms with Crippen LogP contribution in [0.4, 0.5) is 4.79 Å². The predicted molar refractivity (Wildman–Crippen MR) is 82.2 cm³/mol. The van der Waals surface area contributed by atoms with Crippen molar-refractivity contribution in [1.29, 1.82) is 0 Å². The second-order valence-electron chi connectivity index (χ2n) is 5.03. The minimum Gasteiger partial charge on any atom is -0.459 e. The maximum absolute atomic E-state index is 12.0. The highest BCUT2D eigenvalue weighted by Crippen LogP contribution is 2.21. The van der Waals surface area contributed by atoms with E-state index in [9.17, 15) is 9.59 Å². The second kappa shape index (κ2) is 8.10. The molecule has 0 spiro atoms. The molecule has 1 aromatic carbocycles. The summed E-state index contributed by atoms with van der Waals surface area (Å²) in [7, 11) is 0. The lowest BCUT2D eigenvalue weighted by Gasteiger charge is -2.18. The lowest BCUT2D eigenvalue weighted by molar-refractivity contribution is -0.147. The number of rotatable bonds is 6. The van der Waals surface area contributed by atoms with Gasteiger partial charge >= 0.3 is 12.0 Å². The van der Waals surface area contributed by atoms with Crippen molar-refractivity contribution in [3.05, 3.63) is 33.8 Å². The van der Waals surface area contributed by atoms with Gasteiger partial charge in [0.2, 0.25) is 0 Å². The molecule has 0 aliphatic heterocycles. The molecule has 0 fully saturated rings. The van der Waals surface area contributed by atoms with Crippen molar-refractivity contribution >= 4 is 35.2 Å². The zero-order valence-electron chi connectivity index (χ0n) is 11.9. The molecule has 3 N–H and O–H groups in total. The van der Waals surface area contributed by atoms with E-state index in [-0.39, 0.29) is 12.5 Å². The number of hydrogen-bond donors (Lipinski definition) is 2. The van der Waals surface area contributed by atoms with Crippen LogP contribution in [0, 0.1) is 5.92 Å². The first-order valence-corrected chi connectivity index (χ1v) is 7.21. The summed E-state index contributed by atoms with van der Waals surface area (Å²) in [6.07, 6.45) is 0.441. The number of carbonyl (C=O) groups excluding carboxylic acids is 2. The fourth-order valence-corrected chi connectivity index (χ4v) is 2.21. The van der Waals surface area contributed by atoms with Crippen LogP contribution in [-0.2, 0) is 16.1 Å². The third-order valence-electron chi connectivity index (χ3n) is 2.69. The minimum absolute atomic E-state index is 0.00384. The summed E-state index contributed by atoms with van der Waals surface area (Å²) in [5.74, 6) is -0.345. The van der Waals surface area contributed by atoms with Crippen molar-refractivity contribution in [3.63, 3.8) is 0 Å². The summed E-state index contributed by atoms with van der Waals surface area (Å²) < 4.78 is 5.18. The Kier molecular flexibility index (Phi) is 6.78. The number of halogens is 2. The van der Waals surface area contributed by atoms with E-state index in [0.29, 0.717) is 22.0 Å². The fraction of sp³-hybridized carbons (Fsp3) is 0.429. The standard InChI is InChI=1S/C14H18Cl2N2O3/c1-8(2)5-12(18-14(17)20)13(19)21-7-9-3-4-10(15)6-11(9)16/h3-4,6,8,12H,5,7H2,1-2H3,(H3,17,18,20)/t12-/m1/s1. The highest BCUT2D eigenvalue weighted by Gasteiger charge is 2.22. The first-order chi connectivity index (χ1) is 9.79. The Hall–Kier alpha value is -1.46. The number of nitrogens with one attached hydrogen (secondary N) is 1. The smallest absolute Gasteiger partial charge is 0.329 e. The van der Waals surface area contributed by atoms with Crippen molar-refractivity contribution in [2.45, 2.75) is 32.9 Å². The number of hydrogen-bond acceptors (Lipinski definition) is 3. The largest absolute Gasteiger partial charge is 0.459 e. The van der Waals surface area contributed by atoms with Crippen LogP contribution in [0.5, 0.6) is 0 Å². The summed E-state index contributed by atoms with van der Waals surface area (Å²) in [6, 6.07) is 3.37. The molecule has 0 radical (unpaired) electrons. The van der Waals surface area contributed by atoms with Crippen LogP contribution in [0.25, 0.3) is 0 Å². The van der Waals surface area contributed by atoms with E-state index in [2.05, 4.69) is 5.32 Å². The van der Waals surface area contributed by atoms with Gasteiger partial charge in [-0.2, -0.15) is 0 Å². The lowest BCUT2D eigenvalue weighted by atomic mass is 10.0. The average Bonchev–Trinajstić information content (AvgIpc) is 2.35. The van der Waals surface area contributed by atoms with Gasteiger partial charge in [-0.25, -0.2) is 9.59 Å². The number of nitrogens with two attached hydrogens (primary N) is 1. The van der Waals surface area contributed by atoms with Gasteiger partial charge < -0.3 is 15.8 Å². The number of urea groups is 1. The van der Waals surface area contributed by atoms with Crippen LogP contribution in [0.1, 0.15) is 25.8 Å². The van der Waals surface area contributed by atoms with E-state index in [0.717, 1.165) is 0 Å². The van der Waals surface area contributed by atoms with Gasteiger partial charge in [-0.05, 0) is 24.5 Å². The van der Waals surface area contributed by atoms with E-state index in [1.165, 1.54) is 0 Å². The third kappa shape index (κ3) is 6.23. The topological polar surface area (TPSA) is 81.4 Å². The SMILES string of the molecule is CC(C)C[C@@H](NC(N)=O)C(=O)OCc1ccc(Cl)cc1Cl. The van der Waals surface area contributed by atoms with Gasteiger partial charge in [0.05, 0.1) is 0 Å². The third-order valence-corrected chi connectivity index (χ3v) is 3.28. The number of primary amides is 1. The Morgan fingerprint density at radius 3 is 2.52 bits per heavy atom. The molecule has 0 heterocycles. The molecule has 0 saturated carbocycles. The van der Waals surface area contributed by atoms with Gasteiger partial charge in [0.25, 0.3) is 0 Å². The van der Waals surface area contributed by atoms with E-state index in [4.69, 9.17) is 33.7 Å². The highest BCUT2D eigenvalue weighted by molar-refractivity contribution is 6.35. The van der Waals surface area contributed by atoms with Crippen molar-refractivity contribution in [2.75, 3.05) is 0 Å². The normalized spacial score (nSPS) is 12.0.